The van der Waals surface area contributed by atoms with Crippen LogP contribution in [0.15, 0.2) is 60.7 Å². The Hall–Kier alpha value is -5.56. The third kappa shape index (κ3) is 8.31. The third-order valence-electron chi connectivity index (χ3n) is 9.07. The number of halogens is 3. The summed E-state index contributed by atoms with van der Waals surface area (Å²) in [6, 6.07) is 7.94. The summed E-state index contributed by atoms with van der Waals surface area (Å²) in [6.45, 7) is 1.59. The highest BCUT2D eigenvalue weighted by molar-refractivity contribution is 6.62. The van der Waals surface area contributed by atoms with Crippen LogP contribution in [0.4, 0.5) is 13.2 Å². The van der Waals surface area contributed by atoms with Gasteiger partial charge in [0.2, 0.25) is 5.91 Å². The Kier molecular flexibility index (Phi) is 10.9. The van der Waals surface area contributed by atoms with E-state index in [1.54, 1.807) is 6.07 Å². The topological polar surface area (TPSA) is 210 Å². The molecule has 280 valence electrons. The standard InChI is InChI=1S/C34H31B2F3N4O11/c1-17(40-31(47)19-5-7-21-15-52-35(50)24(21)12-19)30(42-32(48)20-6-8-22-16-53-36(51)25(22)13-20)33(49)41-26(18-3-2-4-23(11-18)34(37,38)39)14-29(46)54-43-27(44)9-10-28(43)45/h2-8,11-13,17,26,30,50-51H,9-10,14-16H2,1H3,(H,40,47)(H,41,49)(H,42,48)/t17-,26-,30-/m0/s1. The highest BCUT2D eigenvalue weighted by Gasteiger charge is 2.37. The van der Waals surface area contributed by atoms with Crippen LogP contribution in [0.3, 0.4) is 0 Å². The first-order chi connectivity index (χ1) is 25.6. The van der Waals surface area contributed by atoms with Gasteiger partial charge in [0.1, 0.15) is 6.04 Å². The lowest BCUT2D eigenvalue weighted by atomic mass is 9.78. The summed E-state index contributed by atoms with van der Waals surface area (Å²) in [4.78, 5) is 83.2. The Morgan fingerprint density at radius 1 is 0.833 bits per heavy atom. The fraction of sp³-hybridized carbons (Fsp3) is 0.294. The van der Waals surface area contributed by atoms with Crippen LogP contribution in [0.5, 0.6) is 0 Å². The molecule has 0 aromatic heterocycles. The SMILES string of the molecule is C[C@H](NC(=O)c1ccc2c(c1)B(O)OC2)[C@H](NC(=O)c1ccc2c(c1)B(O)OC2)C(=O)N[C@@H](CC(=O)ON1C(=O)CCC1=O)c1cccc(C(F)(F)F)c1. The maximum absolute atomic E-state index is 14.1. The van der Waals surface area contributed by atoms with Crippen LogP contribution >= 0.6 is 0 Å². The summed E-state index contributed by atoms with van der Waals surface area (Å²) in [5.74, 6) is -5.51. The third-order valence-corrected chi connectivity index (χ3v) is 9.07. The summed E-state index contributed by atoms with van der Waals surface area (Å²) in [5, 5.41) is 28.1. The Bertz CT molecular complexity index is 2020. The van der Waals surface area contributed by atoms with Gasteiger partial charge >= 0.3 is 26.4 Å². The van der Waals surface area contributed by atoms with Crippen LogP contribution in [0, 0.1) is 0 Å². The molecule has 0 aliphatic carbocycles. The van der Waals surface area contributed by atoms with Crippen LogP contribution in [0.2, 0.25) is 0 Å². The first kappa shape index (κ1) is 38.2. The van der Waals surface area contributed by atoms with Crippen LogP contribution < -0.4 is 26.9 Å². The number of nitrogens with one attached hydrogen (secondary N) is 3. The highest BCUT2D eigenvalue weighted by Crippen LogP contribution is 2.32. The van der Waals surface area contributed by atoms with Gasteiger partial charge in [-0.25, -0.2) is 4.79 Å². The van der Waals surface area contributed by atoms with Crippen LogP contribution in [-0.4, -0.2) is 76.9 Å². The average molecular weight is 750 g/mol. The lowest BCUT2D eigenvalue weighted by Gasteiger charge is -2.28. The number of benzene rings is 3. The van der Waals surface area contributed by atoms with E-state index in [0.29, 0.717) is 28.1 Å². The normalized spacial score (nSPS) is 16.7. The molecule has 0 unspecified atom stereocenters. The molecule has 0 radical (unpaired) electrons. The molecule has 20 heteroatoms. The maximum atomic E-state index is 14.1. The van der Waals surface area contributed by atoms with Gasteiger partial charge in [0.15, 0.2) is 0 Å². The van der Waals surface area contributed by atoms with E-state index in [1.807, 2.05) is 0 Å². The van der Waals surface area contributed by atoms with E-state index in [4.69, 9.17) is 14.1 Å². The van der Waals surface area contributed by atoms with Gasteiger partial charge in [-0.15, -0.1) is 5.06 Å². The number of imide groups is 1. The maximum Gasteiger partial charge on any atom is 0.491 e. The molecule has 3 aliphatic heterocycles. The fourth-order valence-corrected chi connectivity index (χ4v) is 6.14. The largest absolute Gasteiger partial charge is 0.491 e. The smallest absolute Gasteiger partial charge is 0.423 e. The molecule has 5 amide bonds. The zero-order valence-electron chi connectivity index (χ0n) is 28.3. The van der Waals surface area contributed by atoms with E-state index in [1.165, 1.54) is 43.3 Å². The van der Waals surface area contributed by atoms with Crippen LogP contribution in [-0.2, 0) is 52.7 Å². The van der Waals surface area contributed by atoms with E-state index in [-0.39, 0.29) is 47.8 Å². The second-order valence-electron chi connectivity index (χ2n) is 12.8. The van der Waals surface area contributed by atoms with E-state index >= 15 is 0 Å². The molecule has 6 rings (SSSR count). The summed E-state index contributed by atoms with van der Waals surface area (Å²) < 4.78 is 51.5. The van der Waals surface area contributed by atoms with Gasteiger partial charge in [-0.05, 0) is 70.9 Å². The second-order valence-corrected chi connectivity index (χ2v) is 12.8. The van der Waals surface area contributed by atoms with Crippen LogP contribution in [0.1, 0.15) is 75.2 Å². The number of fused-ring (bicyclic) bond motifs is 2. The van der Waals surface area contributed by atoms with Crippen molar-refractivity contribution in [2.24, 2.45) is 0 Å². The Balaban J connectivity index is 1.29. The summed E-state index contributed by atoms with van der Waals surface area (Å²) in [6.07, 6.45) is -6.13. The number of hydroxylamine groups is 2. The van der Waals surface area contributed by atoms with E-state index in [9.17, 15) is 52.0 Å². The number of carbonyl (C=O) groups excluding carboxylic acids is 6. The van der Waals surface area contributed by atoms with Crippen molar-refractivity contribution in [3.63, 3.8) is 0 Å². The quantitative estimate of drug-likeness (QED) is 0.129. The van der Waals surface area contributed by atoms with Gasteiger partial charge in [0.25, 0.3) is 23.6 Å². The van der Waals surface area contributed by atoms with Gasteiger partial charge in [-0.3, -0.25) is 24.0 Å². The molecule has 5 N–H and O–H groups in total. The number of nitrogens with zero attached hydrogens (tertiary/aromatic N) is 1. The molecule has 3 atom stereocenters. The predicted molar refractivity (Wildman–Crippen MR) is 180 cm³/mol. The van der Waals surface area contributed by atoms with Crippen molar-refractivity contribution >= 4 is 60.7 Å². The monoisotopic (exact) mass is 750 g/mol. The average Bonchev–Trinajstić information content (AvgIpc) is 3.81. The summed E-state index contributed by atoms with van der Waals surface area (Å²) in [5.41, 5.74) is 0.656. The van der Waals surface area contributed by atoms with Crippen molar-refractivity contribution in [2.75, 3.05) is 0 Å². The second kappa shape index (κ2) is 15.4. The number of amides is 5. The molecule has 1 fully saturated rings. The zero-order chi connectivity index (χ0) is 38.9. The lowest BCUT2D eigenvalue weighted by molar-refractivity contribution is -0.197. The van der Waals surface area contributed by atoms with Crippen molar-refractivity contribution in [1.82, 2.24) is 21.0 Å². The van der Waals surface area contributed by atoms with Crippen molar-refractivity contribution in [1.29, 1.82) is 0 Å². The number of alkyl halides is 3. The number of rotatable bonds is 11. The summed E-state index contributed by atoms with van der Waals surface area (Å²) >= 11 is 0. The molecule has 0 saturated carbocycles. The number of carbonyl (C=O) groups is 6. The van der Waals surface area contributed by atoms with Gasteiger partial charge < -0.3 is 40.1 Å². The molecule has 3 heterocycles. The first-order valence-electron chi connectivity index (χ1n) is 16.6. The number of hydrogen-bond donors (Lipinski definition) is 5. The molecule has 15 nitrogen and oxygen atoms in total. The molecule has 0 spiro atoms. The lowest BCUT2D eigenvalue weighted by Crippen LogP contribution is -2.58. The van der Waals surface area contributed by atoms with Gasteiger partial charge in [0, 0.05) is 24.0 Å². The van der Waals surface area contributed by atoms with Crippen molar-refractivity contribution in [2.45, 2.75) is 63.7 Å². The minimum absolute atomic E-state index is 0.0137. The molecule has 3 aliphatic rings. The Morgan fingerprint density at radius 2 is 1.39 bits per heavy atom. The van der Waals surface area contributed by atoms with E-state index < -0.39 is 86.0 Å². The fourth-order valence-electron chi connectivity index (χ4n) is 6.14. The predicted octanol–water partition coefficient (Wildman–Crippen LogP) is -0.0875. The molecule has 3 aromatic rings. The van der Waals surface area contributed by atoms with E-state index in [2.05, 4.69) is 16.0 Å². The molecule has 54 heavy (non-hydrogen) atoms. The molecular weight excluding hydrogens is 719 g/mol. The molecule has 1 saturated heterocycles. The van der Waals surface area contributed by atoms with Gasteiger partial charge in [0.05, 0.1) is 37.3 Å². The molecule has 0 bridgehead atoms. The summed E-state index contributed by atoms with van der Waals surface area (Å²) in [7, 11) is -2.57. The Labute approximate surface area is 305 Å². The van der Waals surface area contributed by atoms with Gasteiger partial charge in [-0.2, -0.15) is 13.2 Å². The van der Waals surface area contributed by atoms with Crippen molar-refractivity contribution in [3.8, 4) is 0 Å². The first-order valence-corrected chi connectivity index (χ1v) is 16.6. The molecular formula is C34H31B2F3N4O11. The minimum atomic E-state index is -4.82. The Morgan fingerprint density at radius 3 is 1.94 bits per heavy atom. The number of hydrogen-bond acceptors (Lipinski definition) is 11. The van der Waals surface area contributed by atoms with E-state index in [0.717, 1.165) is 12.1 Å². The molecule has 3 aromatic carbocycles. The van der Waals surface area contributed by atoms with Crippen molar-refractivity contribution < 1.29 is 66.1 Å². The zero-order valence-corrected chi connectivity index (χ0v) is 28.3. The highest BCUT2D eigenvalue weighted by atomic mass is 19.4. The minimum Gasteiger partial charge on any atom is -0.423 e. The van der Waals surface area contributed by atoms with Gasteiger partial charge in [-0.1, -0.05) is 24.3 Å². The van der Waals surface area contributed by atoms with Crippen LogP contribution in [0.25, 0.3) is 0 Å². The van der Waals surface area contributed by atoms with Crippen molar-refractivity contribution in [3.05, 3.63) is 94.0 Å².